The van der Waals surface area contributed by atoms with Gasteiger partial charge < -0.3 is 5.73 Å². The molecule has 56 valence electrons. The quantitative estimate of drug-likeness (QED) is 0.573. The fraction of sp³-hybridized carbons (Fsp3) is 0.500. The highest BCUT2D eigenvalue weighted by atomic mass is 35.5. The summed E-state index contributed by atoms with van der Waals surface area (Å²) < 4.78 is 0. The number of hydrogen-bond acceptors (Lipinski definition) is 1. The summed E-state index contributed by atoms with van der Waals surface area (Å²) in [7, 11) is 0. The van der Waals surface area contributed by atoms with E-state index in [0.717, 1.165) is 17.9 Å². The minimum absolute atomic E-state index is 0.209. The maximum absolute atomic E-state index is 5.85. The number of hydrogen-bond donors (Lipinski definition) is 1. The first-order valence-electron chi connectivity index (χ1n) is 3.47. The Morgan fingerprint density at radius 2 is 2.40 bits per heavy atom. The van der Waals surface area contributed by atoms with Crippen LogP contribution in [0.3, 0.4) is 0 Å². The van der Waals surface area contributed by atoms with Crippen LogP contribution in [0.25, 0.3) is 0 Å². The molecule has 1 rings (SSSR count). The Hall–Kier alpha value is -0.270. The molecule has 0 aromatic carbocycles. The third kappa shape index (κ3) is 2.16. The minimum atomic E-state index is 0.209. The third-order valence-electron chi connectivity index (χ3n) is 1.58. The van der Waals surface area contributed by atoms with E-state index in [0.29, 0.717) is 0 Å². The van der Waals surface area contributed by atoms with Crippen molar-refractivity contribution < 1.29 is 0 Å². The molecule has 2 heteroatoms. The van der Waals surface area contributed by atoms with Crippen molar-refractivity contribution >= 4 is 11.6 Å². The molecular weight excluding hydrogens is 146 g/mol. The Morgan fingerprint density at radius 3 is 3.10 bits per heavy atom. The molecule has 0 radical (unpaired) electrons. The van der Waals surface area contributed by atoms with Crippen LogP contribution in [0.4, 0.5) is 0 Å². The van der Waals surface area contributed by atoms with Crippen LogP contribution in [0, 0.1) is 0 Å². The van der Waals surface area contributed by atoms with Crippen LogP contribution in [0.5, 0.6) is 0 Å². The third-order valence-corrected chi connectivity index (χ3v) is 1.85. The summed E-state index contributed by atoms with van der Waals surface area (Å²) >= 11 is 5.85. The predicted octanol–water partition coefficient (Wildman–Crippen LogP) is 2.18. The molecule has 0 aliphatic heterocycles. The monoisotopic (exact) mass is 157 g/mol. The standard InChI is InChI=1S/C8H12ClN/c1-6-2-3-8(10)5-7(9)4-6/h2,4,8H,3,5,10H2,1H3. The SMILES string of the molecule is CC1=CCC(N)CC(Cl)=C1. The van der Waals surface area contributed by atoms with Gasteiger partial charge in [0.2, 0.25) is 0 Å². The molecule has 0 heterocycles. The fourth-order valence-electron chi connectivity index (χ4n) is 1.04. The average Bonchev–Trinajstić information content (AvgIpc) is 1.93. The zero-order valence-electron chi connectivity index (χ0n) is 6.10. The van der Waals surface area contributed by atoms with Gasteiger partial charge in [-0.1, -0.05) is 23.3 Å². The molecule has 0 fully saturated rings. The van der Waals surface area contributed by atoms with E-state index in [2.05, 4.69) is 6.08 Å². The van der Waals surface area contributed by atoms with Crippen LogP contribution in [0.2, 0.25) is 0 Å². The van der Waals surface area contributed by atoms with E-state index >= 15 is 0 Å². The maximum Gasteiger partial charge on any atom is 0.0199 e. The van der Waals surface area contributed by atoms with Gasteiger partial charge in [-0.05, 0) is 25.8 Å². The first kappa shape index (κ1) is 7.83. The molecule has 1 aliphatic rings. The highest BCUT2D eigenvalue weighted by Crippen LogP contribution is 2.18. The van der Waals surface area contributed by atoms with Crippen molar-refractivity contribution in [3.63, 3.8) is 0 Å². The maximum atomic E-state index is 5.85. The summed E-state index contributed by atoms with van der Waals surface area (Å²) in [5.74, 6) is 0. The van der Waals surface area contributed by atoms with Crippen LogP contribution in [-0.4, -0.2) is 6.04 Å². The predicted molar refractivity (Wildman–Crippen MR) is 44.9 cm³/mol. The molecule has 1 aliphatic carbocycles. The second-order valence-electron chi connectivity index (χ2n) is 2.74. The number of rotatable bonds is 0. The largest absolute Gasteiger partial charge is 0.327 e. The molecule has 1 unspecified atom stereocenters. The lowest BCUT2D eigenvalue weighted by Crippen LogP contribution is -2.17. The topological polar surface area (TPSA) is 26.0 Å². The van der Waals surface area contributed by atoms with E-state index in [4.69, 9.17) is 17.3 Å². The Kier molecular flexibility index (Phi) is 2.52. The molecule has 0 aromatic heterocycles. The van der Waals surface area contributed by atoms with Gasteiger partial charge in [-0.2, -0.15) is 0 Å². The van der Waals surface area contributed by atoms with Crippen LogP contribution >= 0.6 is 11.6 Å². The van der Waals surface area contributed by atoms with Gasteiger partial charge in [0.25, 0.3) is 0 Å². The Balaban J connectivity index is 2.71. The molecule has 1 atom stereocenters. The van der Waals surface area contributed by atoms with Crippen LogP contribution in [0.1, 0.15) is 19.8 Å². The van der Waals surface area contributed by atoms with Gasteiger partial charge in [-0.3, -0.25) is 0 Å². The Bertz CT molecular complexity index is 182. The second kappa shape index (κ2) is 3.22. The molecule has 0 saturated heterocycles. The van der Waals surface area contributed by atoms with E-state index in [1.54, 1.807) is 0 Å². The van der Waals surface area contributed by atoms with Crippen molar-refractivity contribution in [1.29, 1.82) is 0 Å². The van der Waals surface area contributed by atoms with Crippen molar-refractivity contribution in [2.75, 3.05) is 0 Å². The normalized spacial score (nSPS) is 26.9. The molecule has 2 N–H and O–H groups in total. The number of allylic oxidation sites excluding steroid dienone is 2. The van der Waals surface area contributed by atoms with Gasteiger partial charge in [0.05, 0.1) is 0 Å². The molecule has 0 aromatic rings. The van der Waals surface area contributed by atoms with Crippen LogP contribution in [0.15, 0.2) is 22.8 Å². The van der Waals surface area contributed by atoms with Crippen molar-refractivity contribution in [1.82, 2.24) is 0 Å². The summed E-state index contributed by atoms with van der Waals surface area (Å²) in [6.07, 6.45) is 5.86. The van der Waals surface area contributed by atoms with Crippen molar-refractivity contribution in [2.24, 2.45) is 5.73 Å². The molecule has 0 bridgehead atoms. The van der Waals surface area contributed by atoms with Gasteiger partial charge in [0.15, 0.2) is 0 Å². The van der Waals surface area contributed by atoms with Gasteiger partial charge in [0.1, 0.15) is 0 Å². The van der Waals surface area contributed by atoms with Crippen molar-refractivity contribution in [3.05, 3.63) is 22.8 Å². The van der Waals surface area contributed by atoms with Crippen molar-refractivity contribution in [3.8, 4) is 0 Å². The molecule has 0 amide bonds. The van der Waals surface area contributed by atoms with Crippen LogP contribution < -0.4 is 5.73 Å². The minimum Gasteiger partial charge on any atom is -0.327 e. The highest BCUT2D eigenvalue weighted by Gasteiger charge is 2.06. The van der Waals surface area contributed by atoms with Crippen LogP contribution in [-0.2, 0) is 0 Å². The zero-order chi connectivity index (χ0) is 7.56. The van der Waals surface area contributed by atoms with E-state index in [1.807, 2.05) is 13.0 Å². The molecular formula is C8H12ClN. The smallest absolute Gasteiger partial charge is 0.0199 e. The van der Waals surface area contributed by atoms with E-state index < -0.39 is 0 Å². The molecule has 0 spiro atoms. The highest BCUT2D eigenvalue weighted by molar-refractivity contribution is 6.29. The molecule has 10 heavy (non-hydrogen) atoms. The summed E-state index contributed by atoms with van der Waals surface area (Å²) in [6.45, 7) is 2.04. The van der Waals surface area contributed by atoms with E-state index in [9.17, 15) is 0 Å². The first-order valence-corrected chi connectivity index (χ1v) is 3.84. The van der Waals surface area contributed by atoms with Gasteiger partial charge in [-0.25, -0.2) is 0 Å². The summed E-state index contributed by atoms with van der Waals surface area (Å²) in [4.78, 5) is 0. The average molecular weight is 158 g/mol. The summed E-state index contributed by atoms with van der Waals surface area (Å²) in [6, 6.07) is 0.209. The lowest BCUT2D eigenvalue weighted by atomic mass is 10.1. The lowest BCUT2D eigenvalue weighted by molar-refractivity contribution is 0.692. The number of nitrogens with two attached hydrogens (primary N) is 1. The lowest BCUT2D eigenvalue weighted by Gasteiger charge is -2.03. The Morgan fingerprint density at radius 1 is 1.70 bits per heavy atom. The fourth-order valence-corrected chi connectivity index (χ4v) is 1.41. The zero-order valence-corrected chi connectivity index (χ0v) is 6.86. The van der Waals surface area contributed by atoms with Gasteiger partial charge in [-0.15, -0.1) is 0 Å². The Labute approximate surface area is 66.6 Å². The van der Waals surface area contributed by atoms with E-state index in [-0.39, 0.29) is 6.04 Å². The number of halogens is 1. The second-order valence-corrected chi connectivity index (χ2v) is 3.22. The van der Waals surface area contributed by atoms with Gasteiger partial charge >= 0.3 is 0 Å². The summed E-state index contributed by atoms with van der Waals surface area (Å²) in [5.41, 5.74) is 6.94. The summed E-state index contributed by atoms with van der Waals surface area (Å²) in [5, 5.41) is 0.874. The van der Waals surface area contributed by atoms with Gasteiger partial charge in [0, 0.05) is 11.1 Å². The molecule has 0 saturated carbocycles. The van der Waals surface area contributed by atoms with Crippen molar-refractivity contribution in [2.45, 2.75) is 25.8 Å². The van der Waals surface area contributed by atoms with E-state index in [1.165, 1.54) is 5.57 Å². The first-order chi connectivity index (χ1) is 4.68. The molecule has 1 nitrogen and oxygen atoms in total.